The summed E-state index contributed by atoms with van der Waals surface area (Å²) in [7, 11) is 0. The predicted molar refractivity (Wildman–Crippen MR) is 110 cm³/mol. The Morgan fingerprint density at radius 2 is 1.68 bits per heavy atom. The first kappa shape index (κ1) is 19.9. The van der Waals surface area contributed by atoms with Gasteiger partial charge < -0.3 is 9.47 Å². The zero-order valence-electron chi connectivity index (χ0n) is 14.9. The van der Waals surface area contributed by atoms with Gasteiger partial charge in [0.05, 0.1) is 6.61 Å². The standard InChI is InChI=1S/C22H16Cl2O4/c1-2-27-22(26)20-18(10-9-14-5-3-7-16(23)11-14)28-19(21(20)25)13-15-6-4-8-17(24)12-15/h3-13H,2H2,1H3/b10-9-,19-13-. The molecule has 0 radical (unpaired) electrons. The fourth-order valence-corrected chi connectivity index (χ4v) is 2.99. The van der Waals surface area contributed by atoms with E-state index < -0.39 is 11.8 Å². The summed E-state index contributed by atoms with van der Waals surface area (Å²) in [5, 5.41) is 1.10. The van der Waals surface area contributed by atoms with Gasteiger partial charge in [0.1, 0.15) is 5.76 Å². The Labute approximate surface area is 172 Å². The molecule has 142 valence electrons. The van der Waals surface area contributed by atoms with Crippen molar-refractivity contribution in [2.24, 2.45) is 0 Å². The number of halogens is 2. The summed E-state index contributed by atoms with van der Waals surface area (Å²) in [6.45, 7) is 1.82. The van der Waals surface area contributed by atoms with Crippen LogP contribution < -0.4 is 0 Å². The first-order valence-corrected chi connectivity index (χ1v) is 9.28. The number of Topliss-reactive ketones (excluding diaryl/α,β-unsaturated/α-hetero) is 1. The van der Waals surface area contributed by atoms with Crippen molar-refractivity contribution in [3.63, 3.8) is 0 Å². The van der Waals surface area contributed by atoms with E-state index in [2.05, 4.69) is 0 Å². The molecule has 0 bridgehead atoms. The van der Waals surface area contributed by atoms with Gasteiger partial charge in [-0.05, 0) is 54.5 Å². The molecular formula is C22H16Cl2O4. The Kier molecular flexibility index (Phi) is 6.34. The van der Waals surface area contributed by atoms with E-state index in [4.69, 9.17) is 32.7 Å². The van der Waals surface area contributed by atoms with Gasteiger partial charge in [-0.15, -0.1) is 0 Å². The van der Waals surface area contributed by atoms with Crippen LogP contribution in [0.4, 0.5) is 0 Å². The van der Waals surface area contributed by atoms with Crippen molar-refractivity contribution in [2.75, 3.05) is 6.61 Å². The minimum atomic E-state index is -0.729. The topological polar surface area (TPSA) is 52.6 Å². The molecule has 1 aliphatic rings. The summed E-state index contributed by atoms with van der Waals surface area (Å²) in [4.78, 5) is 25.0. The lowest BCUT2D eigenvalue weighted by Crippen LogP contribution is -2.14. The van der Waals surface area contributed by atoms with Crippen LogP contribution in [-0.2, 0) is 19.1 Å². The summed E-state index contributed by atoms with van der Waals surface area (Å²) in [5.41, 5.74) is 1.33. The lowest BCUT2D eigenvalue weighted by atomic mass is 10.1. The lowest BCUT2D eigenvalue weighted by molar-refractivity contribution is -0.139. The molecule has 0 aromatic heterocycles. The number of hydrogen-bond acceptors (Lipinski definition) is 4. The van der Waals surface area contributed by atoms with Crippen LogP contribution in [0.5, 0.6) is 0 Å². The highest BCUT2D eigenvalue weighted by molar-refractivity contribution is 6.31. The fraction of sp³-hybridized carbons (Fsp3) is 0.0909. The number of rotatable bonds is 5. The molecule has 2 aromatic carbocycles. The van der Waals surface area contributed by atoms with Crippen molar-refractivity contribution < 1.29 is 19.1 Å². The van der Waals surface area contributed by atoms with E-state index in [1.54, 1.807) is 61.5 Å². The molecule has 1 heterocycles. The molecular weight excluding hydrogens is 399 g/mol. The van der Waals surface area contributed by atoms with Gasteiger partial charge in [-0.25, -0.2) is 4.79 Å². The molecule has 1 aliphatic heterocycles. The summed E-state index contributed by atoms with van der Waals surface area (Å²) >= 11 is 12.0. The molecule has 0 atom stereocenters. The Hall–Kier alpha value is -2.82. The van der Waals surface area contributed by atoms with Gasteiger partial charge in [-0.3, -0.25) is 4.79 Å². The molecule has 4 nitrogen and oxygen atoms in total. The largest absolute Gasteiger partial charge is 0.462 e. The molecule has 2 aromatic rings. The van der Waals surface area contributed by atoms with Crippen molar-refractivity contribution in [1.82, 2.24) is 0 Å². The monoisotopic (exact) mass is 414 g/mol. The maximum absolute atomic E-state index is 12.7. The third-order valence-electron chi connectivity index (χ3n) is 3.82. The molecule has 0 saturated carbocycles. The Morgan fingerprint density at radius 3 is 2.32 bits per heavy atom. The predicted octanol–water partition coefficient (Wildman–Crippen LogP) is 5.46. The number of carbonyl (C=O) groups is 2. The van der Waals surface area contributed by atoms with Crippen LogP contribution in [0.2, 0.25) is 10.0 Å². The molecule has 0 saturated heterocycles. The fourth-order valence-electron chi connectivity index (χ4n) is 2.59. The summed E-state index contributed by atoms with van der Waals surface area (Å²) in [5.74, 6) is -1.12. The molecule has 0 aliphatic carbocycles. The van der Waals surface area contributed by atoms with Gasteiger partial charge in [0.15, 0.2) is 11.3 Å². The van der Waals surface area contributed by atoms with E-state index in [0.29, 0.717) is 15.6 Å². The average Bonchev–Trinajstić information content (AvgIpc) is 2.96. The smallest absolute Gasteiger partial charge is 0.346 e. The van der Waals surface area contributed by atoms with Gasteiger partial charge in [-0.2, -0.15) is 0 Å². The molecule has 0 fully saturated rings. The minimum Gasteiger partial charge on any atom is -0.462 e. The van der Waals surface area contributed by atoms with Gasteiger partial charge >= 0.3 is 5.97 Å². The highest BCUT2D eigenvalue weighted by Gasteiger charge is 2.35. The zero-order valence-corrected chi connectivity index (χ0v) is 16.5. The maximum atomic E-state index is 12.7. The maximum Gasteiger partial charge on any atom is 0.346 e. The molecule has 6 heteroatoms. The van der Waals surface area contributed by atoms with E-state index in [0.717, 1.165) is 5.56 Å². The van der Waals surface area contributed by atoms with Gasteiger partial charge in [0.2, 0.25) is 5.78 Å². The zero-order chi connectivity index (χ0) is 20.1. The van der Waals surface area contributed by atoms with Gasteiger partial charge in [0, 0.05) is 10.0 Å². The van der Waals surface area contributed by atoms with Crippen molar-refractivity contribution in [2.45, 2.75) is 6.92 Å². The molecule has 3 rings (SSSR count). The van der Waals surface area contributed by atoms with Crippen LogP contribution in [0, 0.1) is 0 Å². The average molecular weight is 415 g/mol. The number of benzene rings is 2. The van der Waals surface area contributed by atoms with Crippen molar-refractivity contribution in [3.05, 3.63) is 92.9 Å². The number of ketones is 1. The lowest BCUT2D eigenvalue weighted by Gasteiger charge is -2.01. The van der Waals surface area contributed by atoms with Gasteiger partial charge in [-0.1, -0.05) is 53.5 Å². The third kappa shape index (κ3) is 4.71. The van der Waals surface area contributed by atoms with Crippen LogP contribution in [-0.4, -0.2) is 18.4 Å². The third-order valence-corrected chi connectivity index (χ3v) is 4.29. The first-order chi connectivity index (χ1) is 13.5. The highest BCUT2D eigenvalue weighted by atomic mass is 35.5. The second-order valence-corrected chi connectivity index (χ2v) is 6.72. The molecule has 28 heavy (non-hydrogen) atoms. The van der Waals surface area contributed by atoms with Crippen LogP contribution in [0.3, 0.4) is 0 Å². The van der Waals surface area contributed by atoms with Crippen LogP contribution in [0.1, 0.15) is 18.1 Å². The Morgan fingerprint density at radius 1 is 1.04 bits per heavy atom. The van der Waals surface area contributed by atoms with Crippen LogP contribution in [0.15, 0.2) is 71.7 Å². The Balaban J connectivity index is 1.95. The van der Waals surface area contributed by atoms with E-state index >= 15 is 0 Å². The van der Waals surface area contributed by atoms with Crippen molar-refractivity contribution in [1.29, 1.82) is 0 Å². The van der Waals surface area contributed by atoms with Gasteiger partial charge in [0.25, 0.3) is 0 Å². The molecule has 0 spiro atoms. The number of esters is 1. The second kappa shape index (κ2) is 8.91. The number of hydrogen-bond donors (Lipinski definition) is 0. The summed E-state index contributed by atoms with van der Waals surface area (Å²) in [6, 6.07) is 14.1. The molecule has 0 amide bonds. The Bertz CT molecular complexity index is 1020. The SMILES string of the molecule is CCOC(=O)C1=C(/C=C\c2cccc(Cl)c2)O/C(=C\c2cccc(Cl)c2)C1=O. The molecule has 0 N–H and O–H groups in total. The highest BCUT2D eigenvalue weighted by Crippen LogP contribution is 2.29. The number of carbonyl (C=O) groups excluding carboxylic acids is 2. The van der Waals surface area contributed by atoms with Crippen molar-refractivity contribution >= 4 is 47.1 Å². The first-order valence-electron chi connectivity index (χ1n) is 8.53. The summed E-state index contributed by atoms with van der Waals surface area (Å²) < 4.78 is 10.7. The number of ether oxygens (including phenoxy) is 2. The number of allylic oxidation sites excluding steroid dienone is 2. The minimum absolute atomic E-state index is 0.0241. The molecule has 0 unspecified atom stereocenters. The van der Waals surface area contributed by atoms with E-state index in [1.807, 2.05) is 6.07 Å². The second-order valence-electron chi connectivity index (χ2n) is 5.84. The van der Waals surface area contributed by atoms with Crippen molar-refractivity contribution in [3.8, 4) is 0 Å². The van der Waals surface area contributed by atoms with Crippen LogP contribution in [0.25, 0.3) is 12.2 Å². The van der Waals surface area contributed by atoms with Crippen LogP contribution >= 0.6 is 23.2 Å². The quantitative estimate of drug-likeness (QED) is 0.370. The summed E-state index contributed by atoms with van der Waals surface area (Å²) in [6.07, 6.45) is 4.79. The van der Waals surface area contributed by atoms with E-state index in [-0.39, 0.29) is 23.7 Å². The van der Waals surface area contributed by atoms with E-state index in [1.165, 1.54) is 6.08 Å². The van der Waals surface area contributed by atoms with E-state index in [9.17, 15) is 9.59 Å². The normalized spacial score (nSPS) is 15.4.